The quantitative estimate of drug-likeness (QED) is 0.745. The van der Waals surface area contributed by atoms with Crippen LogP contribution in [-0.2, 0) is 5.75 Å². The molecule has 6 nitrogen and oxygen atoms in total. The number of hydrogen-bond acceptors (Lipinski definition) is 5. The molecule has 0 atom stereocenters. The van der Waals surface area contributed by atoms with Gasteiger partial charge in [0.25, 0.3) is 0 Å². The van der Waals surface area contributed by atoms with E-state index < -0.39 is 5.69 Å². The third-order valence-electron chi connectivity index (χ3n) is 3.05. The number of nitriles is 1. The summed E-state index contributed by atoms with van der Waals surface area (Å²) >= 11 is 7.53. The zero-order valence-electron chi connectivity index (χ0n) is 11.5. The van der Waals surface area contributed by atoms with Crippen LogP contribution < -0.4 is 5.69 Å². The third-order valence-corrected chi connectivity index (χ3v) is 4.32. The second kappa shape index (κ2) is 5.83. The molecular weight excluding hydrogens is 322 g/mol. The monoisotopic (exact) mass is 331 g/mol. The highest BCUT2D eigenvalue weighted by molar-refractivity contribution is 7.98. The molecule has 0 amide bonds. The number of thioether (sulfide) groups is 1. The van der Waals surface area contributed by atoms with E-state index in [9.17, 15) is 4.79 Å². The summed E-state index contributed by atoms with van der Waals surface area (Å²) in [5.74, 6) is 0.564. The van der Waals surface area contributed by atoms with Crippen LogP contribution in [0.25, 0.3) is 5.65 Å². The molecule has 0 spiro atoms. The zero-order chi connectivity index (χ0) is 15.7. The predicted octanol–water partition coefficient (Wildman–Crippen LogP) is 2.54. The normalized spacial score (nSPS) is 10.8. The van der Waals surface area contributed by atoms with Crippen molar-refractivity contribution < 1.29 is 0 Å². The molecule has 22 heavy (non-hydrogen) atoms. The number of nitrogens with zero attached hydrogens (tertiary/aromatic N) is 4. The molecule has 0 bridgehead atoms. The lowest BCUT2D eigenvalue weighted by atomic mass is 10.2. The Balaban J connectivity index is 1.91. The van der Waals surface area contributed by atoms with Crippen LogP contribution in [0, 0.1) is 18.3 Å². The molecule has 0 fully saturated rings. The lowest BCUT2D eigenvalue weighted by Crippen LogP contribution is -2.19. The van der Waals surface area contributed by atoms with E-state index in [1.165, 1.54) is 18.0 Å². The van der Waals surface area contributed by atoms with Crippen molar-refractivity contribution in [2.45, 2.75) is 17.8 Å². The molecule has 0 radical (unpaired) electrons. The number of halogens is 1. The molecule has 3 rings (SSSR count). The Morgan fingerprint density at radius 1 is 1.50 bits per heavy atom. The fourth-order valence-corrected chi connectivity index (χ4v) is 3.17. The van der Waals surface area contributed by atoms with Crippen LogP contribution in [0.3, 0.4) is 0 Å². The van der Waals surface area contributed by atoms with Gasteiger partial charge in [-0.15, -0.1) is 0 Å². The summed E-state index contributed by atoms with van der Waals surface area (Å²) < 4.78 is 1.07. The van der Waals surface area contributed by atoms with E-state index in [1.807, 2.05) is 31.2 Å². The molecular formula is C14H10ClN5OS. The minimum atomic E-state index is -0.427. The standard InChI is InChI=1S/C14H10ClN5OS/c1-8-2-3-9(11(15)4-8)7-22-13-18-12-10(5-16)6-17-20(12)14(21)19-13/h2-4,6H,7H2,1H3,(H,18,19,21). The van der Waals surface area contributed by atoms with Gasteiger partial charge in [0.2, 0.25) is 0 Å². The van der Waals surface area contributed by atoms with E-state index in [1.54, 1.807) is 0 Å². The van der Waals surface area contributed by atoms with Gasteiger partial charge < -0.3 is 0 Å². The van der Waals surface area contributed by atoms with Crippen molar-refractivity contribution >= 4 is 29.0 Å². The SMILES string of the molecule is Cc1ccc(CSc2nc3c(C#N)cnn3c(=O)[nH]2)c(Cl)c1. The molecule has 1 aromatic carbocycles. The highest BCUT2D eigenvalue weighted by atomic mass is 35.5. The number of benzene rings is 1. The summed E-state index contributed by atoms with van der Waals surface area (Å²) in [6.07, 6.45) is 1.32. The van der Waals surface area contributed by atoms with Crippen LogP contribution in [0.2, 0.25) is 5.02 Å². The highest BCUT2D eigenvalue weighted by Crippen LogP contribution is 2.25. The van der Waals surface area contributed by atoms with E-state index >= 15 is 0 Å². The van der Waals surface area contributed by atoms with Crippen LogP contribution >= 0.6 is 23.4 Å². The van der Waals surface area contributed by atoms with Crippen molar-refractivity contribution in [3.8, 4) is 6.07 Å². The Bertz CT molecular complexity index is 956. The molecule has 0 aliphatic carbocycles. The number of aromatic nitrogens is 4. The molecule has 0 aliphatic rings. The Kier molecular flexibility index (Phi) is 3.88. The first-order valence-corrected chi connectivity index (χ1v) is 7.71. The summed E-state index contributed by atoms with van der Waals surface area (Å²) in [4.78, 5) is 18.8. The van der Waals surface area contributed by atoms with E-state index in [2.05, 4.69) is 15.1 Å². The molecule has 3 aromatic rings. The van der Waals surface area contributed by atoms with Gasteiger partial charge in [-0.2, -0.15) is 14.9 Å². The van der Waals surface area contributed by atoms with E-state index in [4.69, 9.17) is 16.9 Å². The molecule has 0 unspecified atom stereocenters. The molecule has 0 aliphatic heterocycles. The first-order chi connectivity index (χ1) is 10.6. The van der Waals surface area contributed by atoms with E-state index in [0.29, 0.717) is 15.9 Å². The van der Waals surface area contributed by atoms with Crippen LogP contribution in [-0.4, -0.2) is 19.6 Å². The second-order valence-corrected chi connectivity index (χ2v) is 6.01. The molecule has 8 heteroatoms. The maximum Gasteiger partial charge on any atom is 0.350 e. The Hall–Kier alpha value is -2.30. The molecule has 0 saturated heterocycles. The first kappa shape index (κ1) is 14.6. The number of aromatic amines is 1. The molecule has 2 heterocycles. The number of hydrogen-bond donors (Lipinski definition) is 1. The van der Waals surface area contributed by atoms with Crippen LogP contribution in [0.1, 0.15) is 16.7 Å². The second-order valence-electron chi connectivity index (χ2n) is 4.64. The van der Waals surface area contributed by atoms with Gasteiger partial charge >= 0.3 is 5.69 Å². The summed E-state index contributed by atoms with van der Waals surface area (Å²) in [6, 6.07) is 7.78. The Morgan fingerprint density at radius 2 is 2.32 bits per heavy atom. The highest BCUT2D eigenvalue weighted by Gasteiger charge is 2.10. The fourth-order valence-electron chi connectivity index (χ4n) is 1.93. The number of H-pyrrole nitrogens is 1. The number of rotatable bonds is 3. The summed E-state index contributed by atoms with van der Waals surface area (Å²) in [5.41, 5.74) is 2.13. The largest absolute Gasteiger partial charge is 0.350 e. The van der Waals surface area contributed by atoms with Crippen LogP contribution in [0.5, 0.6) is 0 Å². The van der Waals surface area contributed by atoms with Crippen molar-refractivity contribution in [3.63, 3.8) is 0 Å². The predicted molar refractivity (Wildman–Crippen MR) is 84.1 cm³/mol. The van der Waals surface area contributed by atoms with Gasteiger partial charge in [-0.1, -0.05) is 35.5 Å². The minimum absolute atomic E-state index is 0.253. The third kappa shape index (κ3) is 2.71. The smallest absolute Gasteiger partial charge is 0.285 e. The Morgan fingerprint density at radius 3 is 3.05 bits per heavy atom. The average Bonchev–Trinajstić information content (AvgIpc) is 2.90. The maximum absolute atomic E-state index is 11.9. The number of nitrogens with one attached hydrogen (secondary N) is 1. The van der Waals surface area contributed by atoms with Crippen LogP contribution in [0.4, 0.5) is 0 Å². The summed E-state index contributed by atoms with van der Waals surface area (Å²) in [7, 11) is 0. The van der Waals surface area contributed by atoms with Gasteiger partial charge in [-0.3, -0.25) is 4.98 Å². The zero-order valence-corrected chi connectivity index (χ0v) is 13.1. The van der Waals surface area contributed by atoms with Gasteiger partial charge in [-0.25, -0.2) is 9.78 Å². The molecule has 0 saturated carbocycles. The topological polar surface area (TPSA) is 86.8 Å². The number of fused-ring (bicyclic) bond motifs is 1. The van der Waals surface area contributed by atoms with Gasteiger partial charge in [0, 0.05) is 10.8 Å². The maximum atomic E-state index is 11.9. The van der Waals surface area contributed by atoms with E-state index in [0.717, 1.165) is 15.6 Å². The molecule has 110 valence electrons. The minimum Gasteiger partial charge on any atom is -0.285 e. The van der Waals surface area contributed by atoms with Crippen molar-refractivity contribution in [1.82, 2.24) is 19.6 Å². The fraction of sp³-hybridized carbons (Fsp3) is 0.143. The summed E-state index contributed by atoms with van der Waals surface area (Å²) in [6.45, 7) is 1.97. The number of aryl methyl sites for hydroxylation is 1. The lowest BCUT2D eigenvalue weighted by Gasteiger charge is -2.05. The van der Waals surface area contributed by atoms with E-state index in [-0.39, 0.29) is 11.2 Å². The van der Waals surface area contributed by atoms with Crippen molar-refractivity contribution in [1.29, 1.82) is 5.26 Å². The molecule has 2 aromatic heterocycles. The van der Waals surface area contributed by atoms with Crippen molar-refractivity contribution in [2.75, 3.05) is 0 Å². The average molecular weight is 332 g/mol. The van der Waals surface area contributed by atoms with Gasteiger partial charge in [0.15, 0.2) is 10.8 Å². The van der Waals surface area contributed by atoms with Crippen LogP contribution in [0.15, 0.2) is 34.3 Å². The van der Waals surface area contributed by atoms with Gasteiger partial charge in [0.05, 0.1) is 6.20 Å². The van der Waals surface area contributed by atoms with Crippen molar-refractivity contribution in [2.24, 2.45) is 0 Å². The first-order valence-electron chi connectivity index (χ1n) is 6.34. The van der Waals surface area contributed by atoms with Gasteiger partial charge in [0.1, 0.15) is 11.6 Å². The van der Waals surface area contributed by atoms with Gasteiger partial charge in [-0.05, 0) is 24.1 Å². The Labute approximate surface area is 134 Å². The molecule has 1 N–H and O–H groups in total. The van der Waals surface area contributed by atoms with Crippen molar-refractivity contribution in [3.05, 3.63) is 56.6 Å². The lowest BCUT2D eigenvalue weighted by molar-refractivity contribution is 0.786. The summed E-state index contributed by atoms with van der Waals surface area (Å²) in [5, 5.41) is 13.9.